The smallest absolute Gasteiger partial charge is 0.258 e. The van der Waals surface area contributed by atoms with Gasteiger partial charge in [0.25, 0.3) is 5.89 Å². The van der Waals surface area contributed by atoms with E-state index in [4.69, 9.17) is 9.51 Å². The normalized spacial score (nSPS) is 13.9. The Bertz CT molecular complexity index is 1070. The third-order valence-electron chi connectivity index (χ3n) is 4.38. The standard InChI is InChI=1S/C20H14FN3OS/c21-16-3-1-2-15(10-16)19-23-18(24-25-19)13-6-4-12(5-7-13)17-11-26-20(22-17)14-8-9-14/h1-7,10-11,14H,8-9H2. The molecule has 1 fully saturated rings. The maximum Gasteiger partial charge on any atom is 0.258 e. The first kappa shape index (κ1) is 15.4. The van der Waals surface area contributed by atoms with Gasteiger partial charge >= 0.3 is 0 Å². The van der Waals surface area contributed by atoms with E-state index in [2.05, 4.69) is 15.5 Å². The lowest BCUT2D eigenvalue weighted by Crippen LogP contribution is -1.84. The molecule has 0 atom stereocenters. The zero-order valence-corrected chi connectivity index (χ0v) is 14.5. The molecule has 4 aromatic rings. The fraction of sp³-hybridized carbons (Fsp3) is 0.150. The number of aromatic nitrogens is 3. The van der Waals surface area contributed by atoms with Crippen LogP contribution < -0.4 is 0 Å². The number of benzene rings is 2. The fourth-order valence-electron chi connectivity index (χ4n) is 2.81. The zero-order valence-electron chi connectivity index (χ0n) is 13.7. The van der Waals surface area contributed by atoms with Crippen LogP contribution in [0.15, 0.2) is 58.4 Å². The Morgan fingerprint density at radius 1 is 0.962 bits per heavy atom. The molecule has 26 heavy (non-hydrogen) atoms. The van der Waals surface area contributed by atoms with Crippen LogP contribution in [0.4, 0.5) is 4.39 Å². The molecule has 1 aliphatic carbocycles. The summed E-state index contributed by atoms with van der Waals surface area (Å²) in [6.45, 7) is 0. The van der Waals surface area contributed by atoms with E-state index in [9.17, 15) is 4.39 Å². The highest BCUT2D eigenvalue weighted by molar-refractivity contribution is 7.10. The number of halogens is 1. The molecule has 0 amide bonds. The van der Waals surface area contributed by atoms with Gasteiger partial charge in [-0.15, -0.1) is 11.3 Å². The van der Waals surface area contributed by atoms with Crippen LogP contribution in [0.1, 0.15) is 23.8 Å². The van der Waals surface area contributed by atoms with Crippen molar-refractivity contribution in [2.75, 3.05) is 0 Å². The zero-order chi connectivity index (χ0) is 17.5. The van der Waals surface area contributed by atoms with E-state index < -0.39 is 0 Å². The molecule has 0 saturated heterocycles. The average molecular weight is 363 g/mol. The molecule has 2 aromatic heterocycles. The Morgan fingerprint density at radius 3 is 2.54 bits per heavy atom. The van der Waals surface area contributed by atoms with Gasteiger partial charge in [0.2, 0.25) is 5.82 Å². The Kier molecular flexibility index (Phi) is 3.64. The number of hydrogen-bond donors (Lipinski definition) is 0. The fourth-order valence-corrected chi connectivity index (χ4v) is 3.81. The first-order valence-corrected chi connectivity index (χ1v) is 9.30. The summed E-state index contributed by atoms with van der Waals surface area (Å²) >= 11 is 1.74. The van der Waals surface area contributed by atoms with Gasteiger partial charge in [-0.25, -0.2) is 9.37 Å². The van der Waals surface area contributed by atoms with E-state index in [0.29, 0.717) is 23.2 Å². The summed E-state index contributed by atoms with van der Waals surface area (Å²) in [5, 5.41) is 7.36. The van der Waals surface area contributed by atoms with E-state index in [1.165, 1.54) is 30.0 Å². The maximum absolute atomic E-state index is 13.3. The average Bonchev–Trinajstić information content (AvgIpc) is 3.20. The van der Waals surface area contributed by atoms with Crippen LogP contribution in [0.3, 0.4) is 0 Å². The van der Waals surface area contributed by atoms with Crippen LogP contribution in [0.25, 0.3) is 34.1 Å². The van der Waals surface area contributed by atoms with E-state index >= 15 is 0 Å². The number of thiazole rings is 1. The van der Waals surface area contributed by atoms with Crippen molar-refractivity contribution in [2.24, 2.45) is 0 Å². The van der Waals surface area contributed by atoms with Crippen molar-refractivity contribution in [1.29, 1.82) is 0 Å². The minimum Gasteiger partial charge on any atom is -0.334 e. The van der Waals surface area contributed by atoms with E-state index in [-0.39, 0.29) is 5.82 Å². The minimum atomic E-state index is -0.333. The largest absolute Gasteiger partial charge is 0.334 e. The van der Waals surface area contributed by atoms with Gasteiger partial charge in [0, 0.05) is 28.0 Å². The van der Waals surface area contributed by atoms with Crippen LogP contribution in [-0.4, -0.2) is 15.1 Å². The van der Waals surface area contributed by atoms with E-state index in [1.54, 1.807) is 23.5 Å². The lowest BCUT2D eigenvalue weighted by molar-refractivity contribution is 0.432. The molecule has 0 radical (unpaired) electrons. The predicted molar refractivity (Wildman–Crippen MR) is 98.2 cm³/mol. The van der Waals surface area contributed by atoms with Gasteiger partial charge < -0.3 is 4.52 Å². The van der Waals surface area contributed by atoms with Gasteiger partial charge in [0.05, 0.1) is 10.7 Å². The number of nitrogens with zero attached hydrogens (tertiary/aromatic N) is 3. The lowest BCUT2D eigenvalue weighted by atomic mass is 10.1. The first-order chi connectivity index (χ1) is 12.8. The lowest BCUT2D eigenvalue weighted by Gasteiger charge is -1.98. The van der Waals surface area contributed by atoms with Crippen molar-refractivity contribution in [2.45, 2.75) is 18.8 Å². The van der Waals surface area contributed by atoms with Gasteiger partial charge in [-0.05, 0) is 31.0 Å². The molecule has 0 bridgehead atoms. The molecule has 0 N–H and O–H groups in total. The summed E-state index contributed by atoms with van der Waals surface area (Å²) in [7, 11) is 0. The molecular formula is C20H14FN3OS. The number of rotatable bonds is 4. The summed E-state index contributed by atoms with van der Waals surface area (Å²) in [6, 6.07) is 14.0. The molecular weight excluding hydrogens is 349 g/mol. The third-order valence-corrected chi connectivity index (χ3v) is 5.39. The molecule has 1 aliphatic rings. The molecule has 1 saturated carbocycles. The SMILES string of the molecule is Fc1cccc(-c2nc(-c3ccc(-c4csc(C5CC5)n4)cc3)no2)c1. The summed E-state index contributed by atoms with van der Waals surface area (Å²) in [6.07, 6.45) is 2.52. The van der Waals surface area contributed by atoms with Gasteiger partial charge in [-0.2, -0.15) is 4.98 Å². The van der Waals surface area contributed by atoms with Gasteiger partial charge in [-0.3, -0.25) is 0 Å². The molecule has 2 aromatic carbocycles. The second kappa shape index (κ2) is 6.14. The summed E-state index contributed by atoms with van der Waals surface area (Å²) < 4.78 is 18.6. The second-order valence-corrected chi connectivity index (χ2v) is 7.25. The quantitative estimate of drug-likeness (QED) is 0.477. The van der Waals surface area contributed by atoms with Crippen molar-refractivity contribution in [3.05, 3.63) is 64.7 Å². The summed E-state index contributed by atoms with van der Waals surface area (Å²) in [5.74, 6) is 1.12. The topological polar surface area (TPSA) is 51.8 Å². The van der Waals surface area contributed by atoms with Crippen molar-refractivity contribution < 1.29 is 8.91 Å². The molecule has 2 heterocycles. The van der Waals surface area contributed by atoms with E-state index in [0.717, 1.165) is 16.8 Å². The van der Waals surface area contributed by atoms with Crippen molar-refractivity contribution in [3.63, 3.8) is 0 Å². The van der Waals surface area contributed by atoms with Crippen LogP contribution in [0.2, 0.25) is 0 Å². The molecule has 4 nitrogen and oxygen atoms in total. The Morgan fingerprint density at radius 2 is 1.77 bits per heavy atom. The Labute approximate surface area is 153 Å². The Hall–Kier alpha value is -2.86. The summed E-state index contributed by atoms with van der Waals surface area (Å²) in [4.78, 5) is 9.10. The molecule has 0 aliphatic heterocycles. The van der Waals surface area contributed by atoms with Crippen LogP contribution in [-0.2, 0) is 0 Å². The maximum atomic E-state index is 13.3. The molecule has 6 heteroatoms. The summed E-state index contributed by atoms with van der Waals surface area (Å²) in [5.41, 5.74) is 3.50. The van der Waals surface area contributed by atoms with E-state index in [1.807, 2.05) is 24.3 Å². The monoisotopic (exact) mass is 363 g/mol. The number of hydrogen-bond acceptors (Lipinski definition) is 5. The highest BCUT2D eigenvalue weighted by Gasteiger charge is 2.26. The van der Waals surface area contributed by atoms with Crippen LogP contribution >= 0.6 is 11.3 Å². The highest BCUT2D eigenvalue weighted by atomic mass is 32.1. The molecule has 128 valence electrons. The Balaban J connectivity index is 1.40. The predicted octanol–water partition coefficient (Wildman–Crippen LogP) is 5.54. The van der Waals surface area contributed by atoms with Crippen LogP contribution in [0.5, 0.6) is 0 Å². The molecule has 5 rings (SSSR count). The second-order valence-electron chi connectivity index (χ2n) is 6.36. The van der Waals surface area contributed by atoms with Crippen molar-refractivity contribution in [3.8, 4) is 34.1 Å². The van der Waals surface area contributed by atoms with Crippen molar-refractivity contribution >= 4 is 11.3 Å². The highest BCUT2D eigenvalue weighted by Crippen LogP contribution is 2.42. The first-order valence-electron chi connectivity index (χ1n) is 8.42. The van der Waals surface area contributed by atoms with Gasteiger partial charge in [0.1, 0.15) is 5.82 Å². The molecule has 0 unspecified atom stereocenters. The van der Waals surface area contributed by atoms with Gasteiger partial charge in [-0.1, -0.05) is 35.5 Å². The van der Waals surface area contributed by atoms with Gasteiger partial charge in [0.15, 0.2) is 0 Å². The molecule has 0 spiro atoms. The van der Waals surface area contributed by atoms with Crippen molar-refractivity contribution in [1.82, 2.24) is 15.1 Å². The third kappa shape index (κ3) is 2.93. The minimum absolute atomic E-state index is 0.303. The van der Waals surface area contributed by atoms with Crippen LogP contribution in [0, 0.1) is 5.82 Å².